The minimum absolute atomic E-state index is 0. The number of rotatable bonds is 5. The molecule has 0 radical (unpaired) electrons. The molecule has 2 N–H and O–H groups in total. The van der Waals surface area contributed by atoms with Crippen LogP contribution in [-0.4, -0.2) is 41.6 Å². The minimum Gasteiger partial charge on any atom is -1.00 e. The Morgan fingerprint density at radius 2 is 1.81 bits per heavy atom. The molecule has 0 bridgehead atoms. The van der Waals surface area contributed by atoms with E-state index in [2.05, 4.69) is 10.5 Å². The standard InChI is InChI=1S/C20H17Cl2N3O3S2.K.H/c1-10(23-24-19(27)15-6-7-16(30-15)20(28)25(2)3)12-9-29-18(17(12)26)11-4-5-13(21)14(22)8-11;;/h4-9,26H,1-3H3,(H,24,27);;/q;+1;-1/b23-10-;;. The molecule has 2 aromatic heterocycles. The summed E-state index contributed by atoms with van der Waals surface area (Å²) in [6.07, 6.45) is 0. The van der Waals surface area contributed by atoms with Crippen LogP contribution in [0.3, 0.4) is 0 Å². The van der Waals surface area contributed by atoms with E-state index >= 15 is 0 Å². The molecule has 158 valence electrons. The average Bonchev–Trinajstić information content (AvgIpc) is 3.34. The molecule has 0 spiro atoms. The first-order valence-corrected chi connectivity index (χ1v) is 11.1. The molecule has 31 heavy (non-hydrogen) atoms. The van der Waals surface area contributed by atoms with Gasteiger partial charge >= 0.3 is 51.4 Å². The third-order valence-electron chi connectivity index (χ3n) is 4.11. The molecule has 11 heteroatoms. The van der Waals surface area contributed by atoms with Crippen molar-refractivity contribution in [2.45, 2.75) is 6.92 Å². The Labute approximate surface area is 241 Å². The van der Waals surface area contributed by atoms with E-state index in [9.17, 15) is 14.7 Å². The van der Waals surface area contributed by atoms with Crippen LogP contribution in [0.5, 0.6) is 5.75 Å². The van der Waals surface area contributed by atoms with Crippen LogP contribution in [0.25, 0.3) is 10.4 Å². The molecule has 0 atom stereocenters. The first kappa shape index (κ1) is 26.5. The molecule has 0 saturated carbocycles. The predicted octanol–water partition coefficient (Wildman–Crippen LogP) is 2.46. The molecule has 0 saturated heterocycles. The van der Waals surface area contributed by atoms with Gasteiger partial charge in [-0.1, -0.05) is 29.3 Å². The number of hydrogen-bond acceptors (Lipinski definition) is 6. The predicted molar refractivity (Wildman–Crippen MR) is 125 cm³/mol. The normalized spacial score (nSPS) is 11.1. The molecule has 0 fully saturated rings. The molecule has 6 nitrogen and oxygen atoms in total. The van der Waals surface area contributed by atoms with Gasteiger partial charge in [-0.25, -0.2) is 5.43 Å². The average molecular weight is 523 g/mol. The largest absolute Gasteiger partial charge is 1.00 e. The van der Waals surface area contributed by atoms with E-state index in [1.54, 1.807) is 56.7 Å². The van der Waals surface area contributed by atoms with Crippen LogP contribution in [0, 0.1) is 0 Å². The Balaban J connectivity index is 0.00000256. The van der Waals surface area contributed by atoms with Crippen molar-refractivity contribution in [2.75, 3.05) is 14.1 Å². The van der Waals surface area contributed by atoms with Gasteiger partial charge in [0.15, 0.2) is 0 Å². The molecule has 0 aliphatic rings. The summed E-state index contributed by atoms with van der Waals surface area (Å²) in [5.74, 6) is -0.558. The Morgan fingerprint density at radius 3 is 2.45 bits per heavy atom. The molecule has 2 heterocycles. The van der Waals surface area contributed by atoms with Gasteiger partial charge in [-0.2, -0.15) is 5.10 Å². The van der Waals surface area contributed by atoms with Gasteiger partial charge < -0.3 is 11.4 Å². The summed E-state index contributed by atoms with van der Waals surface area (Å²) < 4.78 is 0. The topological polar surface area (TPSA) is 82.0 Å². The van der Waals surface area contributed by atoms with Crippen molar-refractivity contribution in [1.29, 1.82) is 0 Å². The number of hydrazone groups is 1. The molecular weight excluding hydrogens is 504 g/mol. The Bertz CT molecular complexity index is 1160. The summed E-state index contributed by atoms with van der Waals surface area (Å²) >= 11 is 14.4. The molecule has 3 aromatic rings. The monoisotopic (exact) mass is 521 g/mol. The van der Waals surface area contributed by atoms with Crippen molar-refractivity contribution >= 4 is 63.4 Å². The van der Waals surface area contributed by atoms with E-state index in [0.29, 0.717) is 36.0 Å². The molecule has 0 aliphatic carbocycles. The first-order valence-electron chi connectivity index (χ1n) is 8.61. The van der Waals surface area contributed by atoms with Gasteiger partial charge in [-0.3, -0.25) is 9.59 Å². The number of nitrogens with one attached hydrogen (secondary N) is 1. The van der Waals surface area contributed by atoms with E-state index in [-0.39, 0.29) is 64.5 Å². The number of amides is 2. The number of hydrogen-bond donors (Lipinski definition) is 2. The van der Waals surface area contributed by atoms with Crippen LogP contribution in [-0.2, 0) is 0 Å². The van der Waals surface area contributed by atoms with Gasteiger partial charge in [0, 0.05) is 19.5 Å². The fourth-order valence-electron chi connectivity index (χ4n) is 2.50. The number of nitrogens with zero attached hydrogens (tertiary/aromatic N) is 2. The summed E-state index contributed by atoms with van der Waals surface area (Å²) in [5, 5.41) is 17.3. The number of halogens is 2. The van der Waals surface area contributed by atoms with E-state index in [1.807, 2.05) is 0 Å². The fraction of sp³-hybridized carbons (Fsp3) is 0.150. The number of thiophene rings is 2. The van der Waals surface area contributed by atoms with E-state index in [4.69, 9.17) is 23.2 Å². The third kappa shape index (κ3) is 6.19. The van der Waals surface area contributed by atoms with E-state index in [0.717, 1.165) is 16.9 Å². The second-order valence-corrected chi connectivity index (χ2v) is 9.24. The van der Waals surface area contributed by atoms with Crippen molar-refractivity contribution in [3.8, 4) is 16.2 Å². The Morgan fingerprint density at radius 1 is 1.13 bits per heavy atom. The number of carbonyl (C=O) groups excluding carboxylic acids is 2. The summed E-state index contributed by atoms with van der Waals surface area (Å²) in [7, 11) is 3.30. The number of benzene rings is 1. The smallest absolute Gasteiger partial charge is 1.00 e. The molecule has 1 aromatic carbocycles. The van der Waals surface area contributed by atoms with Crippen molar-refractivity contribution in [1.82, 2.24) is 10.3 Å². The van der Waals surface area contributed by atoms with Gasteiger partial charge in [-0.05, 0) is 36.8 Å². The molecular formula is C20H18Cl2KN3O3S2. The van der Waals surface area contributed by atoms with Crippen LogP contribution in [0.2, 0.25) is 10.0 Å². The fourth-order valence-corrected chi connectivity index (χ4v) is 4.71. The van der Waals surface area contributed by atoms with Gasteiger partial charge in [-0.15, -0.1) is 22.7 Å². The van der Waals surface area contributed by atoms with Crippen molar-refractivity contribution < 1.29 is 67.5 Å². The zero-order valence-electron chi connectivity index (χ0n) is 18.2. The molecule has 3 rings (SSSR count). The van der Waals surface area contributed by atoms with Gasteiger partial charge in [0.2, 0.25) is 0 Å². The maximum Gasteiger partial charge on any atom is 1.00 e. The SMILES string of the molecule is C/C(=N/NC(=O)c1ccc(C(=O)N(C)C)s1)c1csc(-c2ccc(Cl)c(Cl)c2)c1O.[H-].[K+]. The van der Waals surface area contributed by atoms with Crippen molar-refractivity contribution in [3.05, 3.63) is 61.1 Å². The second kappa shape index (κ2) is 11.4. The zero-order valence-corrected chi connectivity index (χ0v) is 23.5. The summed E-state index contributed by atoms with van der Waals surface area (Å²) in [6, 6.07) is 8.28. The Hall–Kier alpha value is -0.754. The number of aromatic hydroxyl groups is 1. The summed E-state index contributed by atoms with van der Waals surface area (Å²) in [4.78, 5) is 27.2. The minimum atomic E-state index is -0.434. The van der Waals surface area contributed by atoms with Crippen LogP contribution >= 0.6 is 45.9 Å². The van der Waals surface area contributed by atoms with Crippen LogP contribution in [0.15, 0.2) is 40.8 Å². The third-order valence-corrected chi connectivity index (χ3v) is 6.94. The molecule has 0 aliphatic heterocycles. The summed E-state index contributed by atoms with van der Waals surface area (Å²) in [6.45, 7) is 1.68. The van der Waals surface area contributed by atoms with Gasteiger partial charge in [0.1, 0.15) is 5.75 Å². The van der Waals surface area contributed by atoms with Crippen molar-refractivity contribution in [3.63, 3.8) is 0 Å². The number of carbonyl (C=O) groups is 2. The van der Waals surface area contributed by atoms with Crippen LogP contribution in [0.1, 0.15) is 33.3 Å². The summed E-state index contributed by atoms with van der Waals surface area (Å²) in [5.41, 5.74) is 4.12. The van der Waals surface area contributed by atoms with E-state index < -0.39 is 5.91 Å². The maximum atomic E-state index is 12.3. The van der Waals surface area contributed by atoms with E-state index in [1.165, 1.54) is 16.2 Å². The first-order chi connectivity index (χ1) is 14.2. The quantitative estimate of drug-likeness (QED) is 0.307. The van der Waals surface area contributed by atoms with Crippen LogP contribution in [0.4, 0.5) is 0 Å². The maximum absolute atomic E-state index is 12.3. The second-order valence-electron chi connectivity index (χ2n) is 6.46. The Kier molecular flexibility index (Phi) is 9.74. The zero-order chi connectivity index (χ0) is 22.0. The van der Waals surface area contributed by atoms with Crippen LogP contribution < -0.4 is 56.8 Å². The van der Waals surface area contributed by atoms with Gasteiger partial charge in [0.25, 0.3) is 11.8 Å². The van der Waals surface area contributed by atoms with Crippen molar-refractivity contribution in [2.24, 2.45) is 5.10 Å². The molecule has 2 amide bonds. The molecule has 0 unspecified atom stereocenters. The van der Waals surface area contributed by atoms with Gasteiger partial charge in [0.05, 0.1) is 36.0 Å².